The summed E-state index contributed by atoms with van der Waals surface area (Å²) >= 11 is 0. The Morgan fingerprint density at radius 1 is 1.24 bits per heavy atom. The Kier molecular flexibility index (Phi) is 6.98. The highest BCUT2D eigenvalue weighted by molar-refractivity contribution is 7.92. The van der Waals surface area contributed by atoms with Gasteiger partial charge in [0.25, 0.3) is 5.91 Å². The molecule has 0 spiro atoms. The van der Waals surface area contributed by atoms with Crippen LogP contribution in [0.4, 0.5) is 5.69 Å². The topological polar surface area (TPSA) is 84.9 Å². The van der Waals surface area contributed by atoms with Crippen LogP contribution in [0.2, 0.25) is 0 Å². The Bertz CT molecular complexity index is 1140. The van der Waals surface area contributed by atoms with E-state index in [1.54, 1.807) is 13.2 Å². The van der Waals surface area contributed by atoms with E-state index in [0.717, 1.165) is 28.7 Å². The van der Waals surface area contributed by atoms with Crippen LogP contribution >= 0.6 is 0 Å². The molecule has 1 heterocycles. The minimum Gasteiger partial charge on any atom is -0.496 e. The molecule has 7 nitrogen and oxygen atoms in total. The second-order valence-electron chi connectivity index (χ2n) is 9.53. The maximum absolute atomic E-state index is 13.2. The van der Waals surface area contributed by atoms with E-state index < -0.39 is 16.1 Å². The van der Waals surface area contributed by atoms with Crippen molar-refractivity contribution in [1.29, 1.82) is 0 Å². The lowest BCUT2D eigenvalue weighted by atomic mass is 9.86. The maximum Gasteiger partial charge on any atom is 0.263 e. The normalized spacial score (nSPS) is 17.1. The zero-order valence-corrected chi connectivity index (χ0v) is 21.2. The van der Waals surface area contributed by atoms with Crippen molar-refractivity contribution in [3.63, 3.8) is 0 Å². The lowest BCUT2D eigenvalue weighted by Gasteiger charge is -2.35. The third-order valence-corrected chi connectivity index (χ3v) is 7.08. The molecule has 8 heteroatoms. The Hall–Kier alpha value is -2.74. The first-order chi connectivity index (χ1) is 15.3. The zero-order valence-electron chi connectivity index (χ0n) is 20.4. The number of fused-ring (bicyclic) bond motifs is 1. The molecule has 0 aliphatic carbocycles. The smallest absolute Gasteiger partial charge is 0.263 e. The molecule has 0 aromatic heterocycles. The van der Waals surface area contributed by atoms with Crippen LogP contribution in [0.25, 0.3) is 0 Å². The van der Waals surface area contributed by atoms with Crippen molar-refractivity contribution in [2.24, 2.45) is 0 Å². The van der Waals surface area contributed by atoms with Gasteiger partial charge in [0.2, 0.25) is 10.0 Å². The molecule has 2 atom stereocenters. The summed E-state index contributed by atoms with van der Waals surface area (Å²) in [4.78, 5) is 13.2. The van der Waals surface area contributed by atoms with Gasteiger partial charge in [-0.05, 0) is 53.6 Å². The van der Waals surface area contributed by atoms with Crippen molar-refractivity contribution in [2.75, 3.05) is 24.2 Å². The van der Waals surface area contributed by atoms with E-state index in [0.29, 0.717) is 17.9 Å². The van der Waals surface area contributed by atoms with Crippen molar-refractivity contribution in [2.45, 2.75) is 58.6 Å². The molecule has 0 fully saturated rings. The number of hydrogen-bond donors (Lipinski definition) is 1. The minimum atomic E-state index is -3.61. The number of nitrogens with zero attached hydrogens (tertiary/aromatic N) is 1. The second-order valence-corrected chi connectivity index (χ2v) is 11.4. The summed E-state index contributed by atoms with van der Waals surface area (Å²) in [7, 11) is -1.99. The van der Waals surface area contributed by atoms with Gasteiger partial charge in [-0.2, -0.15) is 0 Å². The fraction of sp³-hybridized carbons (Fsp3) is 0.480. The van der Waals surface area contributed by atoms with Crippen molar-refractivity contribution in [3.8, 4) is 11.5 Å². The van der Waals surface area contributed by atoms with Crippen LogP contribution in [0.3, 0.4) is 0 Å². The van der Waals surface area contributed by atoms with Gasteiger partial charge in [-0.3, -0.25) is 9.10 Å². The Labute approximate surface area is 197 Å². The van der Waals surface area contributed by atoms with Crippen molar-refractivity contribution < 1.29 is 22.7 Å². The first kappa shape index (κ1) is 24.9. The van der Waals surface area contributed by atoms with Gasteiger partial charge in [0, 0.05) is 0 Å². The van der Waals surface area contributed by atoms with Crippen molar-refractivity contribution in [1.82, 2.24) is 5.32 Å². The van der Waals surface area contributed by atoms with Gasteiger partial charge in [0.15, 0.2) is 6.10 Å². The van der Waals surface area contributed by atoms with E-state index in [2.05, 4.69) is 26.1 Å². The van der Waals surface area contributed by atoms with Crippen LogP contribution in [-0.4, -0.2) is 40.3 Å². The fourth-order valence-corrected chi connectivity index (χ4v) is 4.88. The Morgan fingerprint density at radius 3 is 2.48 bits per heavy atom. The van der Waals surface area contributed by atoms with Gasteiger partial charge in [-0.25, -0.2) is 8.42 Å². The molecule has 1 aliphatic heterocycles. The van der Waals surface area contributed by atoms with Crippen LogP contribution in [0.1, 0.15) is 56.8 Å². The number of carbonyl (C=O) groups excluding carboxylic acids is 1. The van der Waals surface area contributed by atoms with Gasteiger partial charge >= 0.3 is 0 Å². The number of aryl methyl sites for hydroxylation is 1. The maximum atomic E-state index is 13.2. The molecule has 33 heavy (non-hydrogen) atoms. The molecule has 1 amide bonds. The molecule has 3 rings (SSSR count). The summed E-state index contributed by atoms with van der Waals surface area (Å²) in [5.74, 6) is 0.813. The van der Waals surface area contributed by atoms with Crippen molar-refractivity contribution in [3.05, 3.63) is 53.1 Å². The number of rotatable bonds is 6. The molecular formula is C25H34N2O5S. The lowest BCUT2D eigenvalue weighted by Crippen LogP contribution is -2.51. The summed E-state index contributed by atoms with van der Waals surface area (Å²) in [6, 6.07) is 11.0. The summed E-state index contributed by atoms with van der Waals surface area (Å²) in [6.07, 6.45) is 0.863. The van der Waals surface area contributed by atoms with E-state index in [9.17, 15) is 13.2 Å². The highest BCUT2D eigenvalue weighted by atomic mass is 32.2. The van der Waals surface area contributed by atoms with E-state index in [4.69, 9.17) is 9.47 Å². The molecule has 2 unspecified atom stereocenters. The standard InChI is InChI=1S/C25H34N2O5S/c1-8-19(17-9-11-21(31-6)16(2)13-17)26-24(28)23-15-27(33(7,29)30)20-14-18(25(3,4)5)10-12-22(20)32-23/h9-14,19,23H,8,15H2,1-7H3,(H,26,28). The predicted octanol–water partition coefficient (Wildman–Crippen LogP) is 4.10. The van der Waals surface area contributed by atoms with Gasteiger partial charge in [0.1, 0.15) is 11.5 Å². The average molecular weight is 475 g/mol. The fourth-order valence-electron chi connectivity index (χ4n) is 3.97. The van der Waals surface area contributed by atoms with Crippen LogP contribution < -0.4 is 19.1 Å². The largest absolute Gasteiger partial charge is 0.496 e. The van der Waals surface area contributed by atoms with Gasteiger partial charge in [-0.15, -0.1) is 0 Å². The highest BCUT2D eigenvalue weighted by Gasteiger charge is 2.36. The molecule has 0 bridgehead atoms. The van der Waals surface area contributed by atoms with Crippen LogP contribution in [0, 0.1) is 6.92 Å². The first-order valence-electron chi connectivity index (χ1n) is 11.1. The molecule has 0 radical (unpaired) electrons. The third-order valence-electron chi connectivity index (χ3n) is 5.93. The summed E-state index contributed by atoms with van der Waals surface area (Å²) in [6.45, 7) is 10.0. The van der Waals surface area contributed by atoms with E-state index in [1.807, 2.05) is 44.2 Å². The molecule has 0 saturated heterocycles. The second kappa shape index (κ2) is 9.25. The number of methoxy groups -OCH3 is 1. The third kappa shape index (κ3) is 5.43. The molecular weight excluding hydrogens is 440 g/mol. The average Bonchev–Trinajstić information content (AvgIpc) is 2.74. The number of ether oxygens (including phenoxy) is 2. The van der Waals surface area contributed by atoms with E-state index in [-0.39, 0.29) is 23.9 Å². The number of benzene rings is 2. The minimum absolute atomic E-state index is 0.0800. The molecule has 2 aromatic rings. The molecule has 0 saturated carbocycles. The predicted molar refractivity (Wildman–Crippen MR) is 131 cm³/mol. The number of anilines is 1. The Balaban J connectivity index is 1.88. The van der Waals surface area contributed by atoms with Crippen LogP contribution in [0.5, 0.6) is 11.5 Å². The molecule has 2 aromatic carbocycles. The number of nitrogens with one attached hydrogen (secondary N) is 1. The highest BCUT2D eigenvalue weighted by Crippen LogP contribution is 2.38. The summed E-state index contributed by atoms with van der Waals surface area (Å²) < 4.78 is 37.8. The van der Waals surface area contributed by atoms with E-state index in [1.165, 1.54) is 4.31 Å². The zero-order chi connectivity index (χ0) is 24.6. The number of hydrogen-bond acceptors (Lipinski definition) is 5. The lowest BCUT2D eigenvalue weighted by molar-refractivity contribution is -0.128. The van der Waals surface area contributed by atoms with Gasteiger partial charge in [-0.1, -0.05) is 45.9 Å². The number of sulfonamides is 1. The molecule has 180 valence electrons. The molecule has 1 aliphatic rings. The monoisotopic (exact) mass is 474 g/mol. The quantitative estimate of drug-likeness (QED) is 0.682. The number of carbonyl (C=O) groups is 1. The first-order valence-corrected chi connectivity index (χ1v) is 12.9. The van der Waals surface area contributed by atoms with Gasteiger partial charge in [0.05, 0.1) is 31.6 Å². The summed E-state index contributed by atoms with van der Waals surface area (Å²) in [5.41, 5.74) is 3.23. The summed E-state index contributed by atoms with van der Waals surface area (Å²) in [5, 5.41) is 3.03. The Morgan fingerprint density at radius 2 is 1.94 bits per heavy atom. The van der Waals surface area contributed by atoms with Crippen LogP contribution in [0.15, 0.2) is 36.4 Å². The SMILES string of the molecule is CCC(NC(=O)C1CN(S(C)(=O)=O)c2cc(C(C)(C)C)ccc2O1)c1ccc(OC)c(C)c1. The number of amides is 1. The van der Waals surface area contributed by atoms with Gasteiger partial charge < -0.3 is 14.8 Å². The molecule has 1 N–H and O–H groups in total. The van der Waals surface area contributed by atoms with Crippen LogP contribution in [-0.2, 0) is 20.2 Å². The van der Waals surface area contributed by atoms with Crippen molar-refractivity contribution >= 4 is 21.6 Å². The van der Waals surface area contributed by atoms with E-state index >= 15 is 0 Å².